The molecule has 1 aliphatic carbocycles. The van der Waals surface area contributed by atoms with E-state index in [9.17, 15) is 4.79 Å². The predicted molar refractivity (Wildman–Crippen MR) is 75.8 cm³/mol. The van der Waals surface area contributed by atoms with Crippen LogP contribution in [0.25, 0.3) is 0 Å². The van der Waals surface area contributed by atoms with Gasteiger partial charge in [0.2, 0.25) is 0 Å². The number of hydrogen-bond donors (Lipinski definition) is 0. The molecule has 1 nitrogen and oxygen atoms in total. The number of hydrogen-bond acceptors (Lipinski definition) is 1. The second kappa shape index (κ2) is 5.88. The molecule has 0 saturated heterocycles. The highest BCUT2D eigenvalue weighted by Gasteiger charge is 2.29. The molecule has 3 unspecified atom stereocenters. The van der Waals surface area contributed by atoms with Crippen molar-refractivity contribution >= 4 is 17.4 Å². The van der Waals surface area contributed by atoms with Gasteiger partial charge in [-0.3, -0.25) is 4.79 Å². The van der Waals surface area contributed by atoms with Crippen molar-refractivity contribution in [2.75, 3.05) is 0 Å². The summed E-state index contributed by atoms with van der Waals surface area (Å²) in [5, 5.41) is 0.711. The van der Waals surface area contributed by atoms with Gasteiger partial charge in [0.25, 0.3) is 0 Å². The molecule has 0 radical (unpaired) electrons. The summed E-state index contributed by atoms with van der Waals surface area (Å²) in [7, 11) is 0. The summed E-state index contributed by atoms with van der Waals surface area (Å²) in [5.74, 6) is 2.03. The van der Waals surface area contributed by atoms with Crippen molar-refractivity contribution in [1.29, 1.82) is 0 Å². The summed E-state index contributed by atoms with van der Waals surface area (Å²) in [5.41, 5.74) is 0.968. The van der Waals surface area contributed by atoms with Crippen molar-refractivity contribution in [3.63, 3.8) is 0 Å². The molecular formula is C16H21ClO. The van der Waals surface area contributed by atoms with Crippen molar-refractivity contribution in [2.24, 2.45) is 17.8 Å². The van der Waals surface area contributed by atoms with Gasteiger partial charge < -0.3 is 0 Å². The normalized spacial score (nSPS) is 28.1. The highest BCUT2D eigenvalue weighted by Crippen LogP contribution is 2.34. The van der Waals surface area contributed by atoms with Gasteiger partial charge in [0.15, 0.2) is 0 Å². The number of ketones is 1. The van der Waals surface area contributed by atoms with Gasteiger partial charge >= 0.3 is 0 Å². The van der Waals surface area contributed by atoms with Crippen LogP contribution >= 0.6 is 11.6 Å². The molecule has 0 N–H and O–H groups in total. The molecule has 0 amide bonds. The van der Waals surface area contributed by atoms with Crippen LogP contribution in [0.2, 0.25) is 5.02 Å². The average molecular weight is 265 g/mol. The molecule has 0 spiro atoms. The van der Waals surface area contributed by atoms with E-state index in [0.29, 0.717) is 23.1 Å². The zero-order chi connectivity index (χ0) is 13.1. The van der Waals surface area contributed by atoms with Crippen molar-refractivity contribution in [1.82, 2.24) is 0 Å². The predicted octanol–water partition coefficient (Wildman–Crippen LogP) is 4.52. The topological polar surface area (TPSA) is 17.1 Å². The van der Waals surface area contributed by atoms with Crippen molar-refractivity contribution in [3.8, 4) is 0 Å². The summed E-state index contributed by atoms with van der Waals surface area (Å²) in [6.45, 7) is 4.55. The lowest BCUT2D eigenvalue weighted by Gasteiger charge is -2.31. The lowest BCUT2D eigenvalue weighted by atomic mass is 9.73. The molecule has 1 fully saturated rings. The number of benzene rings is 1. The monoisotopic (exact) mass is 264 g/mol. The summed E-state index contributed by atoms with van der Waals surface area (Å²) in [6.07, 6.45) is 3.77. The Morgan fingerprint density at radius 2 is 1.94 bits per heavy atom. The minimum absolute atomic E-state index is 0.243. The van der Waals surface area contributed by atoms with E-state index in [1.54, 1.807) is 0 Å². The van der Waals surface area contributed by atoms with E-state index in [1.807, 2.05) is 24.3 Å². The maximum absolute atomic E-state index is 12.3. The van der Waals surface area contributed by atoms with Crippen molar-refractivity contribution in [3.05, 3.63) is 34.9 Å². The third-order valence-electron chi connectivity index (χ3n) is 4.38. The Bertz CT molecular complexity index is 427. The maximum Gasteiger partial charge on any atom is 0.140 e. The molecule has 0 aromatic heterocycles. The van der Waals surface area contributed by atoms with Gasteiger partial charge in [0.1, 0.15) is 5.78 Å². The Hall–Kier alpha value is -0.820. The van der Waals surface area contributed by atoms with Crippen LogP contribution in [0.15, 0.2) is 24.3 Å². The molecule has 0 aliphatic heterocycles. The number of Topliss-reactive ketones (excluding diaryl/α,β-unsaturated/α-hetero) is 1. The van der Waals surface area contributed by atoms with Crippen LogP contribution in [-0.4, -0.2) is 5.78 Å². The largest absolute Gasteiger partial charge is 0.299 e. The first-order valence-corrected chi connectivity index (χ1v) is 7.22. The molecule has 1 saturated carbocycles. The number of halogens is 1. The fourth-order valence-corrected chi connectivity index (χ4v) is 3.02. The number of rotatable bonds is 3. The van der Waals surface area contributed by atoms with Gasteiger partial charge in [-0.15, -0.1) is 0 Å². The van der Waals surface area contributed by atoms with Gasteiger partial charge in [-0.25, -0.2) is 0 Å². The fourth-order valence-electron chi connectivity index (χ4n) is 2.81. The smallest absolute Gasteiger partial charge is 0.140 e. The van der Waals surface area contributed by atoms with Crippen LogP contribution in [0.1, 0.15) is 38.7 Å². The Balaban J connectivity index is 1.99. The molecule has 18 heavy (non-hydrogen) atoms. The number of carbonyl (C=O) groups excluding carboxylic acids is 1. The lowest BCUT2D eigenvalue weighted by Crippen LogP contribution is -2.27. The number of carbonyl (C=O) groups is 1. The second-order valence-electron chi connectivity index (χ2n) is 5.70. The van der Waals surface area contributed by atoms with E-state index >= 15 is 0 Å². The third kappa shape index (κ3) is 3.14. The van der Waals surface area contributed by atoms with Gasteiger partial charge in [-0.2, -0.15) is 0 Å². The summed E-state index contributed by atoms with van der Waals surface area (Å²) < 4.78 is 0. The molecule has 2 rings (SSSR count). The lowest BCUT2D eigenvalue weighted by molar-refractivity contribution is -0.123. The highest BCUT2D eigenvalue weighted by atomic mass is 35.5. The first-order valence-electron chi connectivity index (χ1n) is 6.84. The van der Waals surface area contributed by atoms with Crippen LogP contribution in [0.3, 0.4) is 0 Å². The SMILES string of the molecule is CC1CCC(C(=O)Cc2ccccc2Cl)CC1C. The highest BCUT2D eigenvalue weighted by molar-refractivity contribution is 6.31. The van der Waals surface area contributed by atoms with Crippen LogP contribution in [0.5, 0.6) is 0 Å². The van der Waals surface area contributed by atoms with Crippen molar-refractivity contribution < 1.29 is 4.79 Å². The molecule has 0 heterocycles. The molecule has 98 valence electrons. The third-order valence-corrected chi connectivity index (χ3v) is 4.74. The van der Waals surface area contributed by atoms with Crippen LogP contribution in [0.4, 0.5) is 0 Å². The van der Waals surface area contributed by atoms with Gasteiger partial charge in [-0.1, -0.05) is 43.6 Å². The zero-order valence-electron chi connectivity index (χ0n) is 11.2. The Morgan fingerprint density at radius 3 is 2.61 bits per heavy atom. The molecule has 1 aliphatic rings. The van der Waals surface area contributed by atoms with E-state index in [1.165, 1.54) is 6.42 Å². The molecule has 2 heteroatoms. The molecular weight excluding hydrogens is 244 g/mol. The van der Waals surface area contributed by atoms with E-state index in [-0.39, 0.29) is 5.92 Å². The summed E-state index contributed by atoms with van der Waals surface area (Å²) >= 11 is 6.11. The quantitative estimate of drug-likeness (QED) is 0.784. The van der Waals surface area contributed by atoms with Gasteiger partial charge in [-0.05, 0) is 42.7 Å². The van der Waals surface area contributed by atoms with E-state index in [2.05, 4.69) is 13.8 Å². The van der Waals surface area contributed by atoms with Gasteiger partial charge in [0.05, 0.1) is 0 Å². The van der Waals surface area contributed by atoms with Crippen LogP contribution < -0.4 is 0 Å². The van der Waals surface area contributed by atoms with Crippen LogP contribution in [0, 0.1) is 17.8 Å². The van der Waals surface area contributed by atoms with E-state index < -0.39 is 0 Å². The minimum Gasteiger partial charge on any atom is -0.299 e. The summed E-state index contributed by atoms with van der Waals surface area (Å²) in [4.78, 5) is 12.3. The first-order chi connectivity index (χ1) is 8.58. The van der Waals surface area contributed by atoms with Crippen molar-refractivity contribution in [2.45, 2.75) is 39.5 Å². The molecule has 1 aromatic rings. The summed E-state index contributed by atoms with van der Waals surface area (Å²) in [6, 6.07) is 7.66. The second-order valence-corrected chi connectivity index (χ2v) is 6.11. The zero-order valence-corrected chi connectivity index (χ0v) is 11.9. The molecule has 0 bridgehead atoms. The Labute approximate surface area is 115 Å². The minimum atomic E-state index is 0.243. The van der Waals surface area contributed by atoms with Gasteiger partial charge in [0, 0.05) is 17.4 Å². The average Bonchev–Trinajstić information content (AvgIpc) is 2.35. The van der Waals surface area contributed by atoms with E-state index in [4.69, 9.17) is 11.6 Å². The Kier molecular flexibility index (Phi) is 4.45. The first kappa shape index (κ1) is 13.6. The molecule has 3 atom stereocenters. The fraction of sp³-hybridized carbons (Fsp3) is 0.562. The standard InChI is InChI=1S/C16H21ClO/c1-11-7-8-14(9-12(11)2)16(18)10-13-5-3-4-6-15(13)17/h3-6,11-12,14H,7-10H2,1-2H3. The maximum atomic E-state index is 12.3. The molecule has 1 aromatic carbocycles. The Morgan fingerprint density at radius 1 is 1.22 bits per heavy atom. The van der Waals surface area contributed by atoms with Crippen LogP contribution in [-0.2, 0) is 11.2 Å². The van der Waals surface area contributed by atoms with E-state index in [0.717, 1.165) is 24.3 Å².